The number of halogens is 1. The molecular weight excluding hydrogens is 314 g/mol. The lowest BCUT2D eigenvalue weighted by atomic mass is 10.1. The van der Waals surface area contributed by atoms with Crippen LogP contribution in [-0.2, 0) is 6.54 Å². The van der Waals surface area contributed by atoms with Crippen LogP contribution in [0, 0.1) is 0 Å². The minimum Gasteiger partial charge on any atom is -0.304 e. The van der Waals surface area contributed by atoms with Crippen LogP contribution in [0.4, 0.5) is 0 Å². The fourth-order valence-corrected chi connectivity index (χ4v) is 2.94. The molecule has 0 aliphatic heterocycles. The molecular formula is C11H16BrN5S. The molecule has 0 amide bonds. The summed E-state index contributed by atoms with van der Waals surface area (Å²) in [6, 6.07) is 0.0989. The van der Waals surface area contributed by atoms with E-state index in [-0.39, 0.29) is 6.04 Å². The summed E-state index contributed by atoms with van der Waals surface area (Å²) in [5.74, 6) is 0. The summed E-state index contributed by atoms with van der Waals surface area (Å²) < 4.78 is 6.97. The summed E-state index contributed by atoms with van der Waals surface area (Å²) >= 11 is 5.00. The number of hydrogen-bond donors (Lipinski definition) is 1. The minimum atomic E-state index is 0.0989. The Bertz CT molecular complexity index is 482. The van der Waals surface area contributed by atoms with Crippen LogP contribution >= 0.6 is 27.5 Å². The van der Waals surface area contributed by atoms with Gasteiger partial charge in [-0.05, 0) is 47.4 Å². The lowest BCUT2D eigenvalue weighted by Gasteiger charge is -2.18. The van der Waals surface area contributed by atoms with Gasteiger partial charge in [-0.25, -0.2) is 0 Å². The standard InChI is InChI=1S/C11H16BrN5S/c1-3-5-13-10(9-7-14-16-18-9)11-8(12)6-15-17(11)4-2/h6-7,10,13H,3-5H2,1-2H3. The number of rotatable bonds is 6. The fourth-order valence-electron chi connectivity index (χ4n) is 1.83. The van der Waals surface area contributed by atoms with Crippen molar-refractivity contribution in [2.24, 2.45) is 0 Å². The lowest BCUT2D eigenvalue weighted by molar-refractivity contribution is 0.532. The molecule has 0 aliphatic rings. The van der Waals surface area contributed by atoms with Gasteiger partial charge in [-0.15, -0.1) is 5.10 Å². The highest BCUT2D eigenvalue weighted by molar-refractivity contribution is 9.10. The topological polar surface area (TPSA) is 55.6 Å². The average molecular weight is 330 g/mol. The predicted molar refractivity (Wildman–Crippen MR) is 75.6 cm³/mol. The highest BCUT2D eigenvalue weighted by Gasteiger charge is 2.22. The SMILES string of the molecule is CCCNC(c1cnns1)c1c(Br)cnn1CC. The number of nitrogens with zero attached hydrogens (tertiary/aromatic N) is 4. The second-order valence-corrected chi connectivity index (χ2v) is 5.57. The number of aromatic nitrogens is 4. The summed E-state index contributed by atoms with van der Waals surface area (Å²) in [5, 5.41) is 11.8. The predicted octanol–water partition coefficient (Wildman–Crippen LogP) is 2.61. The molecule has 0 spiro atoms. The maximum absolute atomic E-state index is 4.37. The van der Waals surface area contributed by atoms with Gasteiger partial charge in [0.1, 0.15) is 0 Å². The molecule has 5 nitrogen and oxygen atoms in total. The summed E-state index contributed by atoms with van der Waals surface area (Å²) in [5.41, 5.74) is 1.14. The third-order valence-corrected chi connectivity index (χ3v) is 4.01. The molecule has 2 aromatic rings. The molecule has 2 rings (SSSR count). The first-order chi connectivity index (χ1) is 8.77. The smallest absolute Gasteiger partial charge is 0.0885 e. The molecule has 1 atom stereocenters. The summed E-state index contributed by atoms with van der Waals surface area (Å²) in [6.45, 7) is 6.03. The summed E-state index contributed by atoms with van der Waals surface area (Å²) in [6.07, 6.45) is 4.74. The number of hydrogen-bond acceptors (Lipinski definition) is 5. The largest absolute Gasteiger partial charge is 0.304 e. The van der Waals surface area contributed by atoms with Crippen molar-refractivity contribution in [2.75, 3.05) is 6.54 Å². The van der Waals surface area contributed by atoms with Crippen molar-refractivity contribution in [1.29, 1.82) is 0 Å². The molecule has 0 saturated heterocycles. The van der Waals surface area contributed by atoms with Gasteiger partial charge in [0.2, 0.25) is 0 Å². The van der Waals surface area contributed by atoms with Gasteiger partial charge in [0.15, 0.2) is 0 Å². The van der Waals surface area contributed by atoms with E-state index in [4.69, 9.17) is 0 Å². The molecule has 0 fully saturated rings. The van der Waals surface area contributed by atoms with E-state index in [0.29, 0.717) is 0 Å². The molecule has 7 heteroatoms. The van der Waals surface area contributed by atoms with Crippen molar-refractivity contribution in [3.63, 3.8) is 0 Å². The molecule has 0 bridgehead atoms. The number of nitrogens with one attached hydrogen (secondary N) is 1. The van der Waals surface area contributed by atoms with E-state index in [1.807, 2.05) is 17.1 Å². The molecule has 0 saturated carbocycles. The minimum absolute atomic E-state index is 0.0989. The van der Waals surface area contributed by atoms with E-state index in [1.165, 1.54) is 11.5 Å². The summed E-state index contributed by atoms with van der Waals surface area (Å²) in [7, 11) is 0. The Balaban J connectivity index is 2.36. The molecule has 0 aliphatic carbocycles. The van der Waals surface area contributed by atoms with E-state index in [2.05, 4.69) is 49.8 Å². The molecule has 18 heavy (non-hydrogen) atoms. The van der Waals surface area contributed by atoms with E-state index in [9.17, 15) is 0 Å². The highest BCUT2D eigenvalue weighted by Crippen LogP contribution is 2.29. The van der Waals surface area contributed by atoms with Crippen molar-refractivity contribution >= 4 is 27.5 Å². The van der Waals surface area contributed by atoms with Crippen molar-refractivity contribution in [1.82, 2.24) is 24.7 Å². The van der Waals surface area contributed by atoms with Crippen LogP contribution in [0.15, 0.2) is 16.9 Å². The van der Waals surface area contributed by atoms with Gasteiger partial charge in [0, 0.05) is 6.54 Å². The maximum Gasteiger partial charge on any atom is 0.0885 e. The Morgan fingerprint density at radius 3 is 2.89 bits per heavy atom. The lowest BCUT2D eigenvalue weighted by Crippen LogP contribution is -2.25. The zero-order valence-corrected chi connectivity index (χ0v) is 12.8. The van der Waals surface area contributed by atoms with Gasteiger partial charge in [0.25, 0.3) is 0 Å². The average Bonchev–Trinajstić information content (AvgIpc) is 3.01. The Morgan fingerprint density at radius 2 is 2.28 bits per heavy atom. The zero-order chi connectivity index (χ0) is 13.0. The third kappa shape index (κ3) is 2.78. The van der Waals surface area contributed by atoms with E-state index in [0.717, 1.165) is 34.6 Å². The van der Waals surface area contributed by atoms with Crippen molar-refractivity contribution in [3.8, 4) is 0 Å². The Labute approximate surface area is 119 Å². The quantitative estimate of drug-likeness (QED) is 0.885. The molecule has 0 aromatic carbocycles. The zero-order valence-electron chi connectivity index (χ0n) is 10.4. The van der Waals surface area contributed by atoms with Gasteiger partial charge in [-0.1, -0.05) is 11.4 Å². The van der Waals surface area contributed by atoms with Crippen LogP contribution in [0.25, 0.3) is 0 Å². The van der Waals surface area contributed by atoms with Crippen LogP contribution in [0.5, 0.6) is 0 Å². The second-order valence-electron chi connectivity index (χ2n) is 3.90. The first-order valence-corrected chi connectivity index (χ1v) is 7.56. The Hall–Kier alpha value is -0.790. The van der Waals surface area contributed by atoms with Crippen LogP contribution in [-0.4, -0.2) is 25.9 Å². The second kappa shape index (κ2) is 6.40. The molecule has 2 aromatic heterocycles. The van der Waals surface area contributed by atoms with Gasteiger partial charge >= 0.3 is 0 Å². The van der Waals surface area contributed by atoms with E-state index >= 15 is 0 Å². The fraction of sp³-hybridized carbons (Fsp3) is 0.545. The van der Waals surface area contributed by atoms with Crippen molar-refractivity contribution < 1.29 is 0 Å². The van der Waals surface area contributed by atoms with Crippen LogP contribution in [0.2, 0.25) is 0 Å². The molecule has 1 N–H and O–H groups in total. The van der Waals surface area contributed by atoms with E-state index in [1.54, 1.807) is 0 Å². The van der Waals surface area contributed by atoms with Gasteiger partial charge in [-0.3, -0.25) is 4.68 Å². The van der Waals surface area contributed by atoms with Crippen LogP contribution in [0.3, 0.4) is 0 Å². The molecule has 98 valence electrons. The van der Waals surface area contributed by atoms with Gasteiger partial charge < -0.3 is 5.32 Å². The van der Waals surface area contributed by atoms with Crippen LogP contribution < -0.4 is 5.32 Å². The summed E-state index contributed by atoms with van der Waals surface area (Å²) in [4.78, 5) is 1.11. The van der Waals surface area contributed by atoms with Crippen LogP contribution in [0.1, 0.15) is 36.9 Å². The first kappa shape index (κ1) is 13.6. The van der Waals surface area contributed by atoms with E-state index < -0.39 is 0 Å². The highest BCUT2D eigenvalue weighted by atomic mass is 79.9. The third-order valence-electron chi connectivity index (χ3n) is 2.67. The molecule has 0 radical (unpaired) electrons. The van der Waals surface area contributed by atoms with Gasteiger partial charge in [0.05, 0.1) is 33.5 Å². The van der Waals surface area contributed by atoms with Crippen molar-refractivity contribution in [3.05, 3.63) is 27.4 Å². The first-order valence-electron chi connectivity index (χ1n) is 5.99. The normalized spacial score (nSPS) is 12.8. The van der Waals surface area contributed by atoms with Gasteiger partial charge in [-0.2, -0.15) is 5.10 Å². The molecule has 1 unspecified atom stereocenters. The Morgan fingerprint density at radius 1 is 1.44 bits per heavy atom. The number of aryl methyl sites for hydroxylation is 1. The van der Waals surface area contributed by atoms with Crippen molar-refractivity contribution in [2.45, 2.75) is 32.9 Å². The molecule has 2 heterocycles. The monoisotopic (exact) mass is 329 g/mol. The Kier molecular flexibility index (Phi) is 4.85. The maximum atomic E-state index is 4.37.